The van der Waals surface area contributed by atoms with Crippen molar-refractivity contribution in [2.24, 2.45) is 0 Å². The number of hydrogen-bond acceptors (Lipinski definition) is 2. The lowest BCUT2D eigenvalue weighted by atomic mass is 9.82. The van der Waals surface area contributed by atoms with Crippen LogP contribution in [0.4, 0.5) is 0 Å². The van der Waals surface area contributed by atoms with E-state index >= 15 is 0 Å². The van der Waals surface area contributed by atoms with Crippen LogP contribution in [-0.2, 0) is 6.42 Å². The van der Waals surface area contributed by atoms with Crippen molar-refractivity contribution in [2.75, 3.05) is 20.6 Å². The van der Waals surface area contributed by atoms with Crippen molar-refractivity contribution in [3.63, 3.8) is 0 Å². The van der Waals surface area contributed by atoms with E-state index in [9.17, 15) is 0 Å². The Kier molecular flexibility index (Phi) is 6.77. The van der Waals surface area contributed by atoms with Crippen LogP contribution in [0.3, 0.4) is 0 Å². The molecule has 1 aromatic heterocycles. The molecule has 0 N–H and O–H groups in total. The Morgan fingerprint density at radius 2 is 1.71 bits per heavy atom. The van der Waals surface area contributed by atoms with Crippen molar-refractivity contribution >= 4 is 23.1 Å². The molecule has 1 aliphatic carbocycles. The van der Waals surface area contributed by atoms with E-state index in [0.717, 1.165) is 30.6 Å². The van der Waals surface area contributed by atoms with Crippen LogP contribution < -0.4 is 0 Å². The van der Waals surface area contributed by atoms with Crippen LogP contribution in [0.5, 0.6) is 0 Å². The third kappa shape index (κ3) is 4.77. The zero-order chi connectivity index (χ0) is 24.2. The first-order chi connectivity index (χ1) is 17.2. The molecule has 0 amide bonds. The largest absolute Gasteiger partial charge is 0.309 e. The quantitative estimate of drug-likeness (QED) is 0.264. The van der Waals surface area contributed by atoms with Gasteiger partial charge in [0.15, 0.2) is 0 Å². The monoisotopic (exact) mass is 456 g/mol. The zero-order valence-electron chi connectivity index (χ0n) is 20.8. The van der Waals surface area contributed by atoms with E-state index in [2.05, 4.69) is 123 Å². The molecule has 0 aliphatic heterocycles. The average molecular weight is 457 g/mol. The molecule has 0 bridgehead atoms. The Hall–Kier alpha value is -3.71. The van der Waals surface area contributed by atoms with Gasteiger partial charge in [0.05, 0.1) is 5.52 Å². The van der Waals surface area contributed by atoms with Gasteiger partial charge in [0.1, 0.15) is 0 Å². The molecule has 2 nitrogen and oxygen atoms in total. The highest BCUT2D eigenvalue weighted by atomic mass is 15.0. The molecule has 5 rings (SSSR count). The lowest BCUT2D eigenvalue weighted by molar-refractivity contribution is 0.391. The van der Waals surface area contributed by atoms with E-state index in [1.807, 2.05) is 6.08 Å². The molecule has 1 atom stereocenters. The fourth-order valence-electron chi connectivity index (χ4n) is 5.12. The summed E-state index contributed by atoms with van der Waals surface area (Å²) in [5, 5.41) is 1.24. The van der Waals surface area contributed by atoms with Gasteiger partial charge in [-0.3, -0.25) is 4.98 Å². The second-order valence-corrected chi connectivity index (χ2v) is 9.45. The van der Waals surface area contributed by atoms with Gasteiger partial charge in [-0.2, -0.15) is 0 Å². The highest BCUT2D eigenvalue weighted by Crippen LogP contribution is 2.38. The molecule has 0 spiro atoms. The molecule has 0 saturated heterocycles. The van der Waals surface area contributed by atoms with Crippen LogP contribution in [0.15, 0.2) is 90.7 Å². The number of allylic oxidation sites excluding steroid dienone is 2. The molecule has 0 radical (unpaired) electrons. The highest BCUT2D eigenvalue weighted by molar-refractivity contribution is 5.89. The van der Waals surface area contributed by atoms with Gasteiger partial charge in [-0.15, -0.1) is 5.73 Å². The Labute approximate surface area is 209 Å². The SMILES string of the molecule is CCc1nc2cccc(C(CCN(C)C)c3cccc4c3C=C=CC=C4)c2cc1-c1ccccc1. The van der Waals surface area contributed by atoms with Crippen LogP contribution in [-0.4, -0.2) is 30.5 Å². The maximum atomic E-state index is 5.16. The molecule has 0 saturated carbocycles. The minimum absolute atomic E-state index is 0.249. The van der Waals surface area contributed by atoms with E-state index in [1.54, 1.807) is 0 Å². The number of aryl methyl sites for hydroxylation is 1. The van der Waals surface area contributed by atoms with Crippen LogP contribution in [0.2, 0.25) is 0 Å². The number of aromatic nitrogens is 1. The maximum absolute atomic E-state index is 5.16. The second-order valence-electron chi connectivity index (χ2n) is 9.45. The lowest BCUT2D eigenvalue weighted by Crippen LogP contribution is -2.17. The van der Waals surface area contributed by atoms with E-state index in [4.69, 9.17) is 4.98 Å². The zero-order valence-corrected chi connectivity index (χ0v) is 20.8. The Morgan fingerprint density at radius 1 is 0.914 bits per heavy atom. The van der Waals surface area contributed by atoms with E-state index in [1.165, 1.54) is 38.8 Å². The van der Waals surface area contributed by atoms with Crippen molar-refractivity contribution in [1.82, 2.24) is 9.88 Å². The van der Waals surface area contributed by atoms with Crippen LogP contribution in [0.1, 0.15) is 47.2 Å². The van der Waals surface area contributed by atoms with Gasteiger partial charge in [0.25, 0.3) is 0 Å². The average Bonchev–Trinajstić information content (AvgIpc) is 3.14. The molecule has 0 fully saturated rings. The summed E-state index contributed by atoms with van der Waals surface area (Å²) in [6.07, 6.45) is 10.3. The Morgan fingerprint density at radius 3 is 2.51 bits per heavy atom. The second kappa shape index (κ2) is 10.3. The Balaban J connectivity index is 1.74. The molecule has 35 heavy (non-hydrogen) atoms. The van der Waals surface area contributed by atoms with Crippen molar-refractivity contribution < 1.29 is 0 Å². The summed E-state index contributed by atoms with van der Waals surface area (Å²) in [5.74, 6) is 0.249. The third-order valence-corrected chi connectivity index (χ3v) is 6.88. The third-order valence-electron chi connectivity index (χ3n) is 6.88. The fourth-order valence-corrected chi connectivity index (χ4v) is 5.12. The van der Waals surface area contributed by atoms with Crippen molar-refractivity contribution in [3.8, 4) is 11.1 Å². The Bertz CT molecular complexity index is 1440. The number of fused-ring (bicyclic) bond motifs is 2. The smallest absolute Gasteiger partial charge is 0.0708 e. The summed E-state index contributed by atoms with van der Waals surface area (Å²) in [6, 6.07) is 26.4. The van der Waals surface area contributed by atoms with E-state index in [-0.39, 0.29) is 5.92 Å². The van der Waals surface area contributed by atoms with Crippen molar-refractivity contribution in [1.29, 1.82) is 0 Å². The van der Waals surface area contributed by atoms with Gasteiger partial charge in [-0.1, -0.05) is 79.7 Å². The van der Waals surface area contributed by atoms with Gasteiger partial charge >= 0.3 is 0 Å². The summed E-state index contributed by atoms with van der Waals surface area (Å²) in [6.45, 7) is 3.20. The topological polar surface area (TPSA) is 16.1 Å². The van der Waals surface area contributed by atoms with Crippen LogP contribution >= 0.6 is 0 Å². The summed E-state index contributed by atoms with van der Waals surface area (Å²) in [4.78, 5) is 7.43. The maximum Gasteiger partial charge on any atom is 0.0708 e. The van der Waals surface area contributed by atoms with Gasteiger partial charge in [0.2, 0.25) is 0 Å². The standard InChI is InChI=1S/C33H32N2/c1-4-32-30(25-14-7-5-8-15-25)23-31-28(19-12-20-33(31)34-32)29(21-22-35(2)3)27-18-11-16-24-13-9-6-10-17-26(24)27/h5-9,11-20,23,29H,4,21-22H2,1-3H3. The number of pyridine rings is 1. The normalized spacial score (nSPS) is 13.3. The van der Waals surface area contributed by atoms with Crippen molar-refractivity contribution in [3.05, 3.63) is 119 Å². The van der Waals surface area contributed by atoms with E-state index in [0.29, 0.717) is 0 Å². The molecule has 3 aromatic carbocycles. The van der Waals surface area contributed by atoms with Gasteiger partial charge in [0, 0.05) is 22.6 Å². The lowest BCUT2D eigenvalue weighted by Gasteiger charge is -2.24. The van der Waals surface area contributed by atoms with Gasteiger partial charge in [-0.25, -0.2) is 0 Å². The number of benzene rings is 3. The summed E-state index contributed by atoms with van der Waals surface area (Å²) >= 11 is 0. The van der Waals surface area contributed by atoms with E-state index < -0.39 is 0 Å². The van der Waals surface area contributed by atoms with Gasteiger partial charge in [-0.05, 0) is 85.6 Å². The molecule has 4 aromatic rings. The first-order valence-electron chi connectivity index (χ1n) is 12.5. The number of hydrogen-bond donors (Lipinski definition) is 0. The first kappa shape index (κ1) is 23.1. The van der Waals surface area contributed by atoms with Gasteiger partial charge < -0.3 is 4.90 Å². The molecule has 1 heterocycles. The molecule has 2 heteroatoms. The van der Waals surface area contributed by atoms with Crippen LogP contribution in [0, 0.1) is 0 Å². The molecule has 1 aliphatic rings. The first-order valence-corrected chi connectivity index (χ1v) is 12.5. The minimum Gasteiger partial charge on any atom is -0.309 e. The molecular weight excluding hydrogens is 424 g/mol. The van der Waals surface area contributed by atoms with Crippen molar-refractivity contribution in [2.45, 2.75) is 25.7 Å². The highest BCUT2D eigenvalue weighted by Gasteiger charge is 2.22. The summed E-state index contributed by atoms with van der Waals surface area (Å²) in [7, 11) is 4.30. The summed E-state index contributed by atoms with van der Waals surface area (Å²) in [5.41, 5.74) is 13.2. The predicted octanol–water partition coefficient (Wildman–Crippen LogP) is 7.74. The fraction of sp³-hybridized carbons (Fsp3) is 0.212. The molecular formula is C33H32N2. The molecule has 174 valence electrons. The predicted molar refractivity (Wildman–Crippen MR) is 150 cm³/mol. The summed E-state index contributed by atoms with van der Waals surface area (Å²) < 4.78 is 0. The van der Waals surface area contributed by atoms with Crippen LogP contribution in [0.25, 0.3) is 34.2 Å². The number of nitrogens with zero attached hydrogens (tertiary/aromatic N) is 2. The number of rotatable bonds is 7. The minimum atomic E-state index is 0.249. The molecule has 1 unspecified atom stereocenters.